The van der Waals surface area contributed by atoms with Gasteiger partial charge in [0.2, 0.25) is 6.41 Å². The zero-order valence-corrected chi connectivity index (χ0v) is 20.6. The van der Waals surface area contributed by atoms with Gasteiger partial charge in [0.1, 0.15) is 0 Å². The number of hydrogen-bond donors (Lipinski definition) is 3. The minimum atomic E-state index is -3.57. The number of nitrogens with two attached hydrogens (primary N) is 2. The highest BCUT2D eigenvalue weighted by atomic mass is 32.2. The van der Waals surface area contributed by atoms with Crippen LogP contribution in [0.2, 0.25) is 0 Å². The van der Waals surface area contributed by atoms with E-state index in [0.29, 0.717) is 37.1 Å². The lowest BCUT2D eigenvalue weighted by molar-refractivity contribution is -0.118. The first kappa shape index (κ1) is 27.2. The van der Waals surface area contributed by atoms with E-state index in [2.05, 4.69) is 9.97 Å². The Kier molecular flexibility index (Phi) is 9.07. The minimum absolute atomic E-state index is 0.0417. The number of carbonyl (C=O) groups excluding carboxylic acids is 2. The number of aromatic nitrogens is 2. The summed E-state index contributed by atoms with van der Waals surface area (Å²) >= 11 is 0. The molecule has 2 aromatic rings. The number of methoxy groups -OCH3 is 1. The van der Waals surface area contributed by atoms with Crippen LogP contribution in [-0.4, -0.2) is 66.7 Å². The molecule has 5 N–H and O–H groups in total. The van der Waals surface area contributed by atoms with Crippen molar-refractivity contribution in [1.29, 1.82) is 0 Å². The Balaban J connectivity index is 0.000000604. The van der Waals surface area contributed by atoms with Crippen molar-refractivity contribution in [2.24, 2.45) is 5.84 Å². The zero-order valence-electron chi connectivity index (χ0n) is 19.8. The van der Waals surface area contributed by atoms with Gasteiger partial charge in [-0.05, 0) is 45.7 Å². The summed E-state index contributed by atoms with van der Waals surface area (Å²) in [6.07, 6.45) is 3.22. The Morgan fingerprint density at radius 2 is 1.88 bits per heavy atom. The predicted octanol–water partition coefficient (Wildman–Crippen LogP) is 1.16. The molecular weight excluding hydrogens is 460 g/mol. The molecular formula is C22H32N6O5S. The lowest BCUT2D eigenvalue weighted by Crippen LogP contribution is -2.41. The van der Waals surface area contributed by atoms with E-state index in [-0.39, 0.29) is 28.6 Å². The number of carbonyl (C=O) groups is 2. The molecule has 1 aromatic heterocycles. The van der Waals surface area contributed by atoms with Crippen LogP contribution in [0.5, 0.6) is 0 Å². The molecule has 186 valence electrons. The van der Waals surface area contributed by atoms with Gasteiger partial charge in [-0.3, -0.25) is 15.0 Å². The first-order valence-electron chi connectivity index (χ1n) is 10.6. The Morgan fingerprint density at radius 1 is 1.26 bits per heavy atom. The molecule has 2 heterocycles. The smallest absolute Gasteiger partial charge is 0.287 e. The lowest BCUT2D eigenvalue weighted by Gasteiger charge is -2.29. The molecule has 3 rings (SSSR count). The van der Waals surface area contributed by atoms with E-state index in [4.69, 9.17) is 16.3 Å². The van der Waals surface area contributed by atoms with Crippen molar-refractivity contribution >= 4 is 28.0 Å². The number of piperidine rings is 1. The molecule has 1 aliphatic heterocycles. The van der Waals surface area contributed by atoms with Gasteiger partial charge < -0.3 is 15.4 Å². The van der Waals surface area contributed by atoms with E-state index in [0.717, 1.165) is 0 Å². The summed E-state index contributed by atoms with van der Waals surface area (Å²) < 4.78 is 30.7. The molecule has 34 heavy (non-hydrogen) atoms. The lowest BCUT2D eigenvalue weighted by atomic mass is 10.1. The molecule has 1 atom stereocenters. The predicted molar refractivity (Wildman–Crippen MR) is 128 cm³/mol. The number of nitrogens with zero attached hydrogens (tertiary/aromatic N) is 3. The number of hydrazine groups is 1. The molecule has 0 saturated carbocycles. The molecule has 1 unspecified atom stereocenters. The highest BCUT2D eigenvalue weighted by molar-refractivity contribution is 7.92. The number of nitrogens with one attached hydrogen (secondary N) is 1. The standard InChI is InChI=1S/C17H20N6O4S.C5H12O/c18-16-15(17(25)22-19)21-14(8-20-16)11-3-5-12(6-4-11)28(26,27)13-2-1-7-23(9-13)10-24;1-5(2,3)6-4/h3-6,8,10,13H,1-2,7,9,19H2,(H2,18,20)(H,22,25);1-4H3. The second-order valence-corrected chi connectivity index (χ2v) is 10.9. The summed E-state index contributed by atoms with van der Waals surface area (Å²) in [5.74, 6) is 4.36. The van der Waals surface area contributed by atoms with Gasteiger partial charge in [-0.15, -0.1) is 0 Å². The summed E-state index contributed by atoms with van der Waals surface area (Å²) in [4.78, 5) is 32.4. The van der Waals surface area contributed by atoms with Crippen LogP contribution < -0.4 is 17.0 Å². The number of amides is 2. The highest BCUT2D eigenvalue weighted by Crippen LogP contribution is 2.26. The van der Waals surface area contributed by atoms with Crippen molar-refractivity contribution < 1.29 is 22.7 Å². The van der Waals surface area contributed by atoms with Gasteiger partial charge in [0.25, 0.3) is 5.91 Å². The number of nitrogen functional groups attached to an aromatic ring is 2. The number of hydrogen-bond acceptors (Lipinski definition) is 9. The van der Waals surface area contributed by atoms with Crippen molar-refractivity contribution in [3.8, 4) is 11.3 Å². The third-order valence-corrected chi connectivity index (χ3v) is 7.43. The summed E-state index contributed by atoms with van der Waals surface area (Å²) in [6.45, 7) is 6.82. The van der Waals surface area contributed by atoms with Gasteiger partial charge in [-0.1, -0.05) is 12.1 Å². The van der Waals surface area contributed by atoms with Gasteiger partial charge in [-0.2, -0.15) is 0 Å². The van der Waals surface area contributed by atoms with Gasteiger partial charge >= 0.3 is 0 Å². The second-order valence-electron chi connectivity index (χ2n) is 8.71. The number of benzene rings is 1. The summed E-state index contributed by atoms with van der Waals surface area (Å²) in [7, 11) is -1.87. The number of anilines is 1. The maximum absolute atomic E-state index is 12.9. The van der Waals surface area contributed by atoms with Crippen LogP contribution in [0.15, 0.2) is 35.4 Å². The van der Waals surface area contributed by atoms with E-state index >= 15 is 0 Å². The Bertz CT molecular complexity index is 1100. The Morgan fingerprint density at radius 3 is 2.41 bits per heavy atom. The van der Waals surface area contributed by atoms with Crippen molar-refractivity contribution in [1.82, 2.24) is 20.3 Å². The Hall–Kier alpha value is -3.09. The van der Waals surface area contributed by atoms with Crippen molar-refractivity contribution in [2.45, 2.75) is 49.4 Å². The number of sulfone groups is 1. The summed E-state index contributed by atoms with van der Waals surface area (Å²) in [5, 5.41) is -0.631. The van der Waals surface area contributed by atoms with Gasteiger partial charge in [0.05, 0.1) is 27.6 Å². The van der Waals surface area contributed by atoms with Crippen LogP contribution in [-0.2, 0) is 19.4 Å². The largest absolute Gasteiger partial charge is 0.382 e. The minimum Gasteiger partial charge on any atom is -0.382 e. The van der Waals surface area contributed by atoms with E-state index in [1.165, 1.54) is 23.2 Å². The average Bonchev–Trinajstić information content (AvgIpc) is 2.84. The number of rotatable bonds is 5. The molecule has 0 aliphatic carbocycles. The molecule has 0 spiro atoms. The van der Waals surface area contributed by atoms with Crippen molar-refractivity contribution in [2.75, 3.05) is 25.9 Å². The van der Waals surface area contributed by atoms with Crippen LogP contribution in [0.25, 0.3) is 11.3 Å². The SMILES string of the molecule is COC(C)(C)C.NNC(=O)c1nc(-c2ccc(S(=O)(=O)C3CCCN(C=O)C3)cc2)cnc1N. The maximum Gasteiger partial charge on any atom is 0.287 e. The van der Waals surface area contributed by atoms with Crippen LogP contribution in [0, 0.1) is 0 Å². The molecule has 1 fully saturated rings. The van der Waals surface area contributed by atoms with E-state index in [9.17, 15) is 18.0 Å². The topological polar surface area (TPSA) is 171 Å². The van der Waals surface area contributed by atoms with Crippen molar-refractivity contribution in [3.05, 3.63) is 36.2 Å². The van der Waals surface area contributed by atoms with E-state index in [1.54, 1.807) is 19.2 Å². The first-order chi connectivity index (χ1) is 15.9. The van der Waals surface area contributed by atoms with E-state index in [1.807, 2.05) is 26.2 Å². The van der Waals surface area contributed by atoms with Crippen LogP contribution in [0.3, 0.4) is 0 Å². The molecule has 2 amide bonds. The molecule has 1 aromatic carbocycles. The zero-order chi connectivity index (χ0) is 25.5. The van der Waals surface area contributed by atoms with Crippen LogP contribution in [0.4, 0.5) is 5.82 Å². The normalized spacial score (nSPS) is 16.3. The van der Waals surface area contributed by atoms with Gasteiger partial charge in [0, 0.05) is 25.8 Å². The molecule has 1 aliphatic rings. The van der Waals surface area contributed by atoms with Gasteiger partial charge in [0.15, 0.2) is 21.3 Å². The average molecular weight is 493 g/mol. The fourth-order valence-electron chi connectivity index (χ4n) is 3.10. The molecule has 0 radical (unpaired) electrons. The Labute approximate surface area is 199 Å². The fourth-order valence-corrected chi connectivity index (χ4v) is 4.86. The van der Waals surface area contributed by atoms with E-state index < -0.39 is 21.0 Å². The number of ether oxygens (including phenoxy) is 1. The molecule has 0 bridgehead atoms. The molecule has 12 heteroatoms. The fraction of sp³-hybridized carbons (Fsp3) is 0.455. The quantitative estimate of drug-likeness (QED) is 0.240. The molecule has 1 saturated heterocycles. The first-order valence-corrected chi connectivity index (χ1v) is 12.2. The summed E-state index contributed by atoms with van der Waals surface area (Å²) in [5.41, 5.74) is 8.42. The third kappa shape index (κ3) is 6.95. The second kappa shape index (κ2) is 11.4. The highest BCUT2D eigenvalue weighted by Gasteiger charge is 2.31. The van der Waals surface area contributed by atoms with Crippen LogP contribution >= 0.6 is 0 Å². The third-order valence-electron chi connectivity index (χ3n) is 5.24. The van der Waals surface area contributed by atoms with Crippen molar-refractivity contribution in [3.63, 3.8) is 0 Å². The number of likely N-dealkylation sites (tertiary alicyclic amines) is 1. The monoisotopic (exact) mass is 492 g/mol. The summed E-state index contributed by atoms with van der Waals surface area (Å²) in [6, 6.07) is 6.12. The van der Waals surface area contributed by atoms with Crippen LogP contribution in [0.1, 0.15) is 44.1 Å². The maximum atomic E-state index is 12.9. The molecule has 11 nitrogen and oxygen atoms in total. The van der Waals surface area contributed by atoms with Gasteiger partial charge in [-0.25, -0.2) is 24.2 Å².